The highest BCUT2D eigenvalue weighted by atomic mass is 31.2. The van der Waals surface area contributed by atoms with Gasteiger partial charge in [-0.2, -0.15) is 0 Å². The van der Waals surface area contributed by atoms with Crippen LogP contribution in [0.15, 0.2) is 0 Å². The number of hydrogen-bond donors (Lipinski definition) is 0. The van der Waals surface area contributed by atoms with Crippen molar-refractivity contribution in [1.82, 2.24) is 4.90 Å². The van der Waals surface area contributed by atoms with Crippen LogP contribution in [0.5, 0.6) is 0 Å². The molecule has 0 aromatic rings. The molecule has 1 unspecified atom stereocenters. The fourth-order valence-corrected chi connectivity index (χ4v) is 9.56. The monoisotopic (exact) mass is 422 g/mol. The molecule has 0 aliphatic heterocycles. The van der Waals surface area contributed by atoms with Crippen LogP contribution in [-0.4, -0.2) is 53.1 Å². The minimum atomic E-state index is -1.79. The molecule has 1 atom stereocenters. The van der Waals surface area contributed by atoms with Crippen molar-refractivity contribution in [3.05, 3.63) is 11.4 Å². The lowest BCUT2D eigenvalue weighted by molar-refractivity contribution is -0.130. The van der Waals surface area contributed by atoms with Gasteiger partial charge in [-0.05, 0) is 38.3 Å². The molecule has 0 saturated heterocycles. The molecular formula is C24H43N2O2P. The summed E-state index contributed by atoms with van der Waals surface area (Å²) in [4.78, 5) is 31.2. The molecule has 0 aromatic carbocycles. The van der Waals surface area contributed by atoms with Gasteiger partial charge in [-0.3, -0.25) is 4.79 Å². The third-order valence-electron chi connectivity index (χ3n) is 6.54. The van der Waals surface area contributed by atoms with Crippen molar-refractivity contribution >= 4 is 24.5 Å². The smallest absolute Gasteiger partial charge is 0.226 e. The first kappa shape index (κ1) is 26.0. The lowest BCUT2D eigenvalue weighted by atomic mass is 9.93. The molecule has 1 rings (SSSR count). The molecule has 1 fully saturated rings. The zero-order valence-electron chi connectivity index (χ0n) is 19.3. The molecule has 4 nitrogen and oxygen atoms in total. The Kier molecular flexibility index (Phi) is 12.6. The van der Waals surface area contributed by atoms with Crippen molar-refractivity contribution in [2.24, 2.45) is 0 Å². The van der Waals surface area contributed by atoms with Crippen LogP contribution in [0.25, 0.3) is 4.85 Å². The van der Waals surface area contributed by atoms with Gasteiger partial charge < -0.3 is 9.69 Å². The summed E-state index contributed by atoms with van der Waals surface area (Å²) in [6, 6.07) is -0.356. The van der Waals surface area contributed by atoms with E-state index in [1.807, 2.05) is 6.92 Å². The van der Waals surface area contributed by atoms with Crippen molar-refractivity contribution in [3.8, 4) is 0 Å². The average Bonchev–Trinajstić information content (AvgIpc) is 2.75. The zero-order chi connectivity index (χ0) is 21.7. The molecule has 166 valence electrons. The quantitative estimate of drug-likeness (QED) is 0.190. The molecule has 29 heavy (non-hydrogen) atoms. The number of ketones is 1. The van der Waals surface area contributed by atoms with Crippen molar-refractivity contribution in [2.75, 3.05) is 18.5 Å². The predicted octanol–water partition coefficient (Wildman–Crippen LogP) is 6.20. The Morgan fingerprint density at radius 2 is 1.52 bits per heavy atom. The Labute approximate surface area is 179 Å². The lowest BCUT2D eigenvalue weighted by Crippen LogP contribution is -2.47. The predicted molar refractivity (Wildman–Crippen MR) is 127 cm³/mol. The van der Waals surface area contributed by atoms with Crippen LogP contribution in [0.4, 0.5) is 0 Å². The summed E-state index contributed by atoms with van der Waals surface area (Å²) < 4.78 is 0. The summed E-state index contributed by atoms with van der Waals surface area (Å²) in [5.41, 5.74) is 0.531. The highest BCUT2D eigenvalue weighted by Crippen LogP contribution is 2.52. The van der Waals surface area contributed by atoms with Crippen LogP contribution in [0.1, 0.15) is 98.3 Å². The second kappa shape index (κ2) is 14.0. The number of hydrogen-bond acceptors (Lipinski definition) is 2. The largest absolute Gasteiger partial charge is 0.334 e. The minimum Gasteiger partial charge on any atom is -0.334 e. The molecule has 0 spiro atoms. The van der Waals surface area contributed by atoms with E-state index in [0.717, 1.165) is 89.1 Å². The van der Waals surface area contributed by atoms with E-state index < -0.39 is 12.9 Å². The van der Waals surface area contributed by atoms with Crippen molar-refractivity contribution in [1.29, 1.82) is 0 Å². The Bertz CT molecular complexity index is 574. The summed E-state index contributed by atoms with van der Waals surface area (Å²) in [7, 11) is 0. The third kappa shape index (κ3) is 7.29. The van der Waals surface area contributed by atoms with Crippen molar-refractivity contribution < 1.29 is 9.59 Å². The van der Waals surface area contributed by atoms with Crippen LogP contribution in [0.3, 0.4) is 0 Å². The molecule has 5 heteroatoms. The van der Waals surface area contributed by atoms with Gasteiger partial charge in [-0.1, -0.05) is 85.4 Å². The van der Waals surface area contributed by atoms with E-state index in [1.165, 1.54) is 6.42 Å². The highest BCUT2D eigenvalue weighted by Gasteiger charge is 2.34. The van der Waals surface area contributed by atoms with Crippen LogP contribution >= 0.6 is 6.89 Å². The fraction of sp³-hybridized carbons (Fsp3) is 0.833. The summed E-state index contributed by atoms with van der Waals surface area (Å²) in [6.07, 6.45) is 15.9. The van der Waals surface area contributed by atoms with Crippen LogP contribution in [0, 0.1) is 6.57 Å². The normalized spacial score (nSPS) is 16.1. The van der Waals surface area contributed by atoms with E-state index in [0.29, 0.717) is 5.42 Å². The van der Waals surface area contributed by atoms with E-state index in [9.17, 15) is 9.59 Å². The Balaban J connectivity index is 3.33. The first-order valence-corrected chi connectivity index (χ1v) is 14.2. The van der Waals surface area contributed by atoms with E-state index in [-0.39, 0.29) is 11.8 Å². The van der Waals surface area contributed by atoms with Gasteiger partial charge in [0.1, 0.15) is 0 Å². The van der Waals surface area contributed by atoms with Crippen LogP contribution < -0.4 is 0 Å². The van der Waals surface area contributed by atoms with Gasteiger partial charge in [0.25, 0.3) is 0 Å². The topological polar surface area (TPSA) is 41.7 Å². The molecule has 0 heterocycles. The maximum absolute atomic E-state index is 13.6. The number of unbranched alkanes of at least 4 members (excludes halogenated alkanes) is 3. The maximum atomic E-state index is 13.6. The van der Waals surface area contributed by atoms with E-state index >= 15 is 0 Å². The standard InChI is InChI=1S/C24H43N2O2P/c1-6-9-17-29(18-10-7-2,19-11-8-3)24(25-5)23(28)21(4)26(20-27)22-15-13-12-14-16-22/h20-22H,6-19H2,1-4H3. The van der Waals surface area contributed by atoms with Gasteiger partial charge in [0.2, 0.25) is 11.8 Å². The van der Waals surface area contributed by atoms with Crippen molar-refractivity contribution in [3.63, 3.8) is 0 Å². The number of Topliss-reactive ketones (excluding diaryl/α,β-unsaturated/α-hetero) is 1. The second-order valence-corrected chi connectivity index (χ2v) is 12.8. The van der Waals surface area contributed by atoms with Gasteiger partial charge in [0, 0.05) is 6.04 Å². The summed E-state index contributed by atoms with van der Waals surface area (Å²) >= 11 is 0. The molecule has 0 radical (unpaired) electrons. The van der Waals surface area contributed by atoms with Gasteiger partial charge >= 0.3 is 0 Å². The Morgan fingerprint density at radius 1 is 1.03 bits per heavy atom. The van der Waals surface area contributed by atoms with E-state index in [1.54, 1.807) is 4.90 Å². The van der Waals surface area contributed by atoms with E-state index in [4.69, 9.17) is 6.57 Å². The number of nitrogens with zero attached hydrogens (tertiary/aromatic N) is 2. The average molecular weight is 423 g/mol. The van der Waals surface area contributed by atoms with Crippen LogP contribution in [-0.2, 0) is 9.59 Å². The zero-order valence-corrected chi connectivity index (χ0v) is 20.2. The molecule has 1 aliphatic rings. The maximum Gasteiger partial charge on any atom is 0.226 e. The highest BCUT2D eigenvalue weighted by molar-refractivity contribution is 7.78. The van der Waals surface area contributed by atoms with Crippen molar-refractivity contribution in [2.45, 2.75) is 110 Å². The number of amides is 1. The fourth-order valence-electron chi connectivity index (χ4n) is 4.63. The van der Waals surface area contributed by atoms with Gasteiger partial charge in [0.15, 0.2) is 5.78 Å². The molecule has 1 saturated carbocycles. The molecule has 0 bridgehead atoms. The number of rotatable bonds is 14. The molecule has 1 amide bonds. The second-order valence-electron chi connectivity index (χ2n) is 8.70. The SMILES string of the molecule is [C-]#[N+]C(C(=O)C(C)N(C=O)C1CCCCC1)=P(CCCC)(CCCC)CCCC. The molecule has 1 aliphatic carbocycles. The van der Waals surface area contributed by atoms with Gasteiger partial charge in [-0.15, -0.1) is 0 Å². The van der Waals surface area contributed by atoms with Gasteiger partial charge in [-0.25, -0.2) is 4.85 Å². The third-order valence-corrected chi connectivity index (χ3v) is 11.3. The van der Waals surface area contributed by atoms with Crippen LogP contribution in [0.2, 0.25) is 0 Å². The first-order chi connectivity index (χ1) is 14.0. The molecule has 0 aromatic heterocycles. The molecular weight excluding hydrogens is 379 g/mol. The minimum absolute atomic E-state index is 0.0608. The number of carbonyl (C=O) groups excluding carboxylic acids is 2. The molecule has 0 N–H and O–H groups in total. The first-order valence-electron chi connectivity index (χ1n) is 11.9. The summed E-state index contributed by atoms with van der Waals surface area (Å²) in [5, 5.41) is 0. The summed E-state index contributed by atoms with van der Waals surface area (Å²) in [6.45, 7) is 14.6. The Hall–Kier alpha value is -1.07. The van der Waals surface area contributed by atoms with E-state index in [2.05, 4.69) is 25.6 Å². The number of carbonyl (C=O) groups is 2. The summed E-state index contributed by atoms with van der Waals surface area (Å²) in [5.74, 6) is -0.0608. The lowest BCUT2D eigenvalue weighted by Gasteiger charge is -2.36. The Morgan fingerprint density at radius 3 is 1.90 bits per heavy atom. The van der Waals surface area contributed by atoms with Gasteiger partial charge in [0.05, 0.1) is 12.6 Å².